The van der Waals surface area contributed by atoms with Gasteiger partial charge in [0, 0.05) is 4.57 Å². The van der Waals surface area contributed by atoms with Crippen LogP contribution in [-0.4, -0.2) is 74.0 Å². The van der Waals surface area contributed by atoms with Crippen LogP contribution in [0.15, 0.2) is 12.7 Å². The van der Waals surface area contributed by atoms with E-state index in [-0.39, 0.29) is 12.4 Å². The van der Waals surface area contributed by atoms with Crippen molar-refractivity contribution in [3.05, 3.63) is 12.7 Å². The molecule has 3 N–H and O–H groups in total. The lowest BCUT2D eigenvalue weighted by molar-refractivity contribution is -0.250. The summed E-state index contributed by atoms with van der Waals surface area (Å²) in [5, 5.41) is 0. The number of imidazole rings is 1. The topological polar surface area (TPSA) is 196 Å². The molecule has 15 nitrogen and oxygen atoms in total. The molecule has 2 atom stereocenters. The number of ether oxygens (including phenoxy) is 5. The van der Waals surface area contributed by atoms with E-state index >= 15 is 0 Å². The molecule has 0 amide bonds. The van der Waals surface area contributed by atoms with Crippen LogP contribution in [0, 0.1) is 0 Å². The lowest BCUT2D eigenvalue weighted by Gasteiger charge is -2.29. The molecule has 2 heterocycles. The molecule has 0 aliphatic heterocycles. The molecule has 0 aromatic carbocycles. The van der Waals surface area contributed by atoms with Crippen molar-refractivity contribution in [2.45, 2.75) is 65.3 Å². The van der Waals surface area contributed by atoms with Crippen LogP contribution in [0.5, 0.6) is 0 Å². The first-order valence-corrected chi connectivity index (χ1v) is 11.6. The molecule has 0 bridgehead atoms. The smallest absolute Gasteiger partial charge is 0.432 e. The Kier molecular flexibility index (Phi) is 10.1. The summed E-state index contributed by atoms with van der Waals surface area (Å²) >= 11 is 0. The van der Waals surface area contributed by atoms with Crippen LogP contribution < -0.4 is 5.73 Å². The summed E-state index contributed by atoms with van der Waals surface area (Å²) in [7, 11) is -3.29. The predicted molar refractivity (Wildman–Crippen MR) is 119 cm³/mol. The number of anilines is 1. The summed E-state index contributed by atoms with van der Waals surface area (Å²) in [6.07, 6.45) is -1.22. The van der Waals surface area contributed by atoms with Crippen LogP contribution >= 0.6 is 8.25 Å². The average molecular weight is 518 g/mol. The SMILES string of the molecule is CC(C)OC(=O)OCC(COC(=O)OC(C)C)(OC(C)Cn1cnc2c(N)ncnc21)O[P+](=O)O. The van der Waals surface area contributed by atoms with Gasteiger partial charge in [-0.1, -0.05) is 4.52 Å². The first-order chi connectivity index (χ1) is 16.4. The number of hydrogen-bond acceptors (Lipinski definition) is 13. The van der Waals surface area contributed by atoms with Crippen molar-refractivity contribution < 1.29 is 47.3 Å². The number of hydrogen-bond donors (Lipinski definition) is 2. The molecule has 0 aliphatic carbocycles. The van der Waals surface area contributed by atoms with Gasteiger partial charge in [0.15, 0.2) is 24.7 Å². The summed E-state index contributed by atoms with van der Waals surface area (Å²) in [6, 6.07) is 0. The minimum atomic E-state index is -3.29. The van der Waals surface area contributed by atoms with Gasteiger partial charge in [-0.15, -0.1) is 4.89 Å². The average Bonchev–Trinajstić information content (AvgIpc) is 3.13. The van der Waals surface area contributed by atoms with E-state index in [0.29, 0.717) is 11.2 Å². The van der Waals surface area contributed by atoms with E-state index < -0.39 is 57.9 Å². The van der Waals surface area contributed by atoms with Gasteiger partial charge in [-0.25, -0.2) is 24.5 Å². The monoisotopic (exact) mass is 518 g/mol. The Bertz CT molecular complexity index is 1000. The van der Waals surface area contributed by atoms with E-state index in [1.54, 1.807) is 39.2 Å². The Balaban J connectivity index is 2.25. The maximum atomic E-state index is 11.9. The second-order valence-corrected chi connectivity index (χ2v) is 8.57. The zero-order valence-electron chi connectivity index (χ0n) is 19.9. The highest BCUT2D eigenvalue weighted by molar-refractivity contribution is 7.32. The first kappa shape index (κ1) is 28.1. The van der Waals surface area contributed by atoms with Gasteiger partial charge < -0.3 is 34.0 Å². The van der Waals surface area contributed by atoms with Crippen molar-refractivity contribution in [1.82, 2.24) is 19.5 Å². The molecule has 2 rings (SSSR count). The summed E-state index contributed by atoms with van der Waals surface area (Å²) in [5.41, 5.74) is 6.60. The molecule has 16 heteroatoms. The fourth-order valence-corrected chi connectivity index (χ4v) is 3.26. The van der Waals surface area contributed by atoms with Gasteiger partial charge in [-0.05, 0) is 34.6 Å². The molecule has 0 radical (unpaired) electrons. The number of carbonyl (C=O) groups excluding carboxylic acids is 2. The zero-order valence-corrected chi connectivity index (χ0v) is 20.8. The van der Waals surface area contributed by atoms with Gasteiger partial charge in [0.2, 0.25) is 0 Å². The number of nitrogens with two attached hydrogens (primary N) is 1. The molecule has 0 saturated heterocycles. The first-order valence-electron chi connectivity index (χ1n) is 10.5. The van der Waals surface area contributed by atoms with Crippen molar-refractivity contribution in [2.75, 3.05) is 18.9 Å². The Morgan fingerprint density at radius 2 is 1.63 bits per heavy atom. The van der Waals surface area contributed by atoms with Gasteiger partial charge in [0.05, 0.1) is 31.2 Å². The van der Waals surface area contributed by atoms with Crippen molar-refractivity contribution >= 4 is 37.5 Å². The van der Waals surface area contributed by atoms with Crippen LogP contribution in [0.25, 0.3) is 11.2 Å². The largest absolute Gasteiger partial charge is 0.698 e. The number of carbonyl (C=O) groups is 2. The van der Waals surface area contributed by atoms with Gasteiger partial charge in [-0.2, -0.15) is 0 Å². The molecule has 0 aliphatic rings. The fraction of sp³-hybridized carbons (Fsp3) is 0.632. The minimum Gasteiger partial charge on any atom is -0.432 e. The second kappa shape index (κ2) is 12.5. The molecule has 194 valence electrons. The number of fused-ring (bicyclic) bond motifs is 1. The molecule has 0 saturated carbocycles. The van der Waals surface area contributed by atoms with E-state index in [9.17, 15) is 19.0 Å². The van der Waals surface area contributed by atoms with E-state index in [1.165, 1.54) is 12.7 Å². The van der Waals surface area contributed by atoms with Crippen LogP contribution in [0.3, 0.4) is 0 Å². The quantitative estimate of drug-likeness (QED) is 0.236. The van der Waals surface area contributed by atoms with Gasteiger partial charge in [0.1, 0.15) is 11.8 Å². The molecular weight excluding hydrogens is 489 g/mol. The maximum absolute atomic E-state index is 11.9. The van der Waals surface area contributed by atoms with E-state index in [4.69, 9.17) is 33.9 Å². The van der Waals surface area contributed by atoms with Crippen LogP contribution in [0.1, 0.15) is 34.6 Å². The van der Waals surface area contributed by atoms with Gasteiger partial charge in [-0.3, -0.25) is 0 Å². The number of nitrogens with zero attached hydrogens (tertiary/aromatic N) is 4. The van der Waals surface area contributed by atoms with E-state index in [0.717, 1.165) is 0 Å². The summed E-state index contributed by atoms with van der Waals surface area (Å²) in [4.78, 5) is 45.5. The molecular formula is C19H29N5O10P+. The normalized spacial score (nSPS) is 13.1. The number of nitrogen functional groups attached to an aromatic ring is 1. The van der Waals surface area contributed by atoms with E-state index in [2.05, 4.69) is 15.0 Å². The van der Waals surface area contributed by atoms with Crippen molar-refractivity contribution in [3.8, 4) is 0 Å². The van der Waals surface area contributed by atoms with Gasteiger partial charge >= 0.3 is 20.6 Å². The summed E-state index contributed by atoms with van der Waals surface area (Å²) in [5.74, 6) is -2.00. The molecule has 0 spiro atoms. The minimum absolute atomic E-state index is 0.104. The lowest BCUT2D eigenvalue weighted by Crippen LogP contribution is -2.48. The third-order valence-corrected chi connectivity index (χ3v) is 4.52. The Hall–Kier alpha value is -3.13. The Morgan fingerprint density at radius 1 is 1.06 bits per heavy atom. The van der Waals surface area contributed by atoms with Crippen LogP contribution in [-0.2, 0) is 39.3 Å². The molecule has 0 fully saturated rings. The standard InChI is InChI=1S/C19H28N5O10P/c1-11(2)31-17(25)29-7-19(34-35(27)28,8-30-18(26)32-12(3)4)33-13(5)6-24-10-23-14-15(20)21-9-22-16(14)24/h9-13H,6-8H2,1-5H3,(H2-,20,21,22,27,28)/p+1. The Morgan fingerprint density at radius 3 is 2.14 bits per heavy atom. The van der Waals surface area contributed by atoms with E-state index in [1.807, 2.05) is 0 Å². The Labute approximate surface area is 201 Å². The summed E-state index contributed by atoms with van der Waals surface area (Å²) in [6.45, 7) is 6.61. The molecule has 2 aromatic heterocycles. The lowest BCUT2D eigenvalue weighted by atomic mass is 10.3. The fourth-order valence-electron chi connectivity index (χ4n) is 2.83. The predicted octanol–water partition coefficient (Wildman–Crippen LogP) is 2.30. The summed E-state index contributed by atoms with van der Waals surface area (Å²) < 4.78 is 44.0. The van der Waals surface area contributed by atoms with Crippen molar-refractivity contribution in [3.63, 3.8) is 0 Å². The molecule has 35 heavy (non-hydrogen) atoms. The number of rotatable bonds is 12. The van der Waals surface area contributed by atoms with Crippen molar-refractivity contribution in [2.24, 2.45) is 0 Å². The molecule has 2 unspecified atom stereocenters. The van der Waals surface area contributed by atoms with Crippen LogP contribution in [0.2, 0.25) is 0 Å². The highest BCUT2D eigenvalue weighted by Gasteiger charge is 2.47. The second-order valence-electron chi connectivity index (χ2n) is 7.91. The van der Waals surface area contributed by atoms with Crippen LogP contribution in [0.4, 0.5) is 15.4 Å². The molecule has 2 aromatic rings. The number of aromatic nitrogens is 4. The maximum Gasteiger partial charge on any atom is 0.698 e. The highest BCUT2D eigenvalue weighted by Crippen LogP contribution is 2.30. The highest BCUT2D eigenvalue weighted by atomic mass is 31.1. The zero-order chi connectivity index (χ0) is 26.2. The van der Waals surface area contributed by atoms with Gasteiger partial charge in [0.25, 0.3) is 5.79 Å². The third kappa shape index (κ3) is 8.87. The third-order valence-electron chi connectivity index (χ3n) is 4.03. The van der Waals surface area contributed by atoms with Crippen molar-refractivity contribution in [1.29, 1.82) is 0 Å².